The van der Waals surface area contributed by atoms with Crippen LogP contribution in [-0.4, -0.2) is 15.0 Å². The summed E-state index contributed by atoms with van der Waals surface area (Å²) in [6.07, 6.45) is 2.27. The third-order valence-electron chi connectivity index (χ3n) is 2.99. The van der Waals surface area contributed by atoms with Gasteiger partial charge in [0.15, 0.2) is 0 Å². The first-order chi connectivity index (χ1) is 10.4. The van der Waals surface area contributed by atoms with Crippen molar-refractivity contribution in [2.24, 2.45) is 0 Å². The second kappa shape index (κ2) is 7.17. The van der Waals surface area contributed by atoms with Crippen LogP contribution >= 0.6 is 11.6 Å². The summed E-state index contributed by atoms with van der Waals surface area (Å²) in [5, 5.41) is 0.377. The van der Waals surface area contributed by atoms with Crippen molar-refractivity contribution in [3.05, 3.63) is 46.9 Å². The van der Waals surface area contributed by atoms with E-state index >= 15 is 0 Å². The highest BCUT2D eigenvalue weighted by Gasteiger charge is 2.21. The van der Waals surface area contributed by atoms with E-state index in [0.717, 1.165) is 12.0 Å². The normalized spacial score (nSPS) is 11.6. The molecule has 0 aliphatic rings. The van der Waals surface area contributed by atoms with Gasteiger partial charge in [-0.15, -0.1) is 0 Å². The zero-order valence-electron chi connectivity index (χ0n) is 12.4. The molecule has 120 valence electrons. The van der Waals surface area contributed by atoms with Crippen LogP contribution in [0, 0.1) is 6.92 Å². The molecule has 2 aromatic rings. The number of halogens is 1. The fraction of sp³-hybridized carbons (Fsp3) is 0.333. The number of aryl methyl sites for hydroxylation is 1. The molecular formula is C15H18ClNO4S. The van der Waals surface area contributed by atoms with Gasteiger partial charge >= 0.3 is 0 Å². The first-order valence-electron chi connectivity index (χ1n) is 6.89. The van der Waals surface area contributed by atoms with Crippen LogP contribution < -0.4 is 9.46 Å². The molecule has 0 saturated carbocycles. The lowest BCUT2D eigenvalue weighted by Crippen LogP contribution is -2.24. The standard InChI is InChI=1S/C15H18ClNO4S/c1-3-6-21-14-8-11(2)13(16)9-15(14)22(18,19)17-10-12-5-4-7-20-12/h4-5,7-9,17H,3,6,10H2,1-2H3. The van der Waals surface area contributed by atoms with E-state index in [2.05, 4.69) is 4.72 Å². The van der Waals surface area contributed by atoms with E-state index in [9.17, 15) is 8.42 Å². The summed E-state index contributed by atoms with van der Waals surface area (Å²) in [5.41, 5.74) is 0.762. The number of nitrogens with one attached hydrogen (secondary N) is 1. The summed E-state index contributed by atoms with van der Waals surface area (Å²) in [6, 6.07) is 6.44. The number of benzene rings is 1. The Hall–Kier alpha value is -1.50. The molecule has 0 saturated heterocycles. The van der Waals surface area contributed by atoms with E-state index in [1.54, 1.807) is 25.1 Å². The summed E-state index contributed by atoms with van der Waals surface area (Å²) in [5.74, 6) is 0.827. The molecule has 0 fully saturated rings. The van der Waals surface area contributed by atoms with Gasteiger partial charge in [0.05, 0.1) is 19.4 Å². The van der Waals surface area contributed by atoms with E-state index in [1.165, 1.54) is 12.3 Å². The van der Waals surface area contributed by atoms with E-state index in [4.69, 9.17) is 20.8 Å². The second-order valence-electron chi connectivity index (χ2n) is 4.80. The molecule has 0 spiro atoms. The van der Waals surface area contributed by atoms with Crippen LogP contribution in [-0.2, 0) is 16.6 Å². The average Bonchev–Trinajstić information content (AvgIpc) is 2.99. The maximum Gasteiger partial charge on any atom is 0.244 e. The van der Waals surface area contributed by atoms with Crippen molar-refractivity contribution in [3.8, 4) is 5.75 Å². The monoisotopic (exact) mass is 343 g/mol. The maximum absolute atomic E-state index is 12.5. The number of ether oxygens (including phenoxy) is 1. The Bertz CT molecular complexity index is 726. The van der Waals surface area contributed by atoms with Crippen molar-refractivity contribution >= 4 is 21.6 Å². The quantitative estimate of drug-likeness (QED) is 0.835. The molecule has 1 heterocycles. The fourth-order valence-corrected chi connectivity index (χ4v) is 3.20. The van der Waals surface area contributed by atoms with Gasteiger partial charge < -0.3 is 9.15 Å². The maximum atomic E-state index is 12.5. The molecule has 22 heavy (non-hydrogen) atoms. The molecule has 0 unspecified atom stereocenters. The topological polar surface area (TPSA) is 68.5 Å². The van der Waals surface area contributed by atoms with Crippen LogP contribution in [0.1, 0.15) is 24.7 Å². The molecule has 7 heteroatoms. The molecule has 0 amide bonds. The van der Waals surface area contributed by atoms with Crippen molar-refractivity contribution in [1.82, 2.24) is 4.72 Å². The van der Waals surface area contributed by atoms with Gasteiger partial charge in [0.1, 0.15) is 16.4 Å². The summed E-state index contributed by atoms with van der Waals surface area (Å²) in [7, 11) is -3.76. The smallest absolute Gasteiger partial charge is 0.244 e. The minimum Gasteiger partial charge on any atom is -0.492 e. The molecule has 1 aromatic heterocycles. The Kier molecular flexibility index (Phi) is 5.50. The molecule has 1 N–H and O–H groups in total. The Balaban J connectivity index is 2.29. The Labute approximate surface area is 135 Å². The molecule has 0 bridgehead atoms. The molecule has 0 atom stereocenters. The van der Waals surface area contributed by atoms with Gasteiger partial charge in [-0.2, -0.15) is 0 Å². The number of hydrogen-bond donors (Lipinski definition) is 1. The second-order valence-corrected chi connectivity index (χ2v) is 6.94. The van der Waals surface area contributed by atoms with E-state index in [1.807, 2.05) is 6.92 Å². The molecule has 1 aromatic carbocycles. The van der Waals surface area contributed by atoms with E-state index in [-0.39, 0.29) is 11.4 Å². The van der Waals surface area contributed by atoms with Crippen molar-refractivity contribution in [2.45, 2.75) is 31.7 Å². The van der Waals surface area contributed by atoms with Crippen molar-refractivity contribution < 1.29 is 17.6 Å². The molecule has 5 nitrogen and oxygen atoms in total. The molecule has 0 aliphatic carbocycles. The average molecular weight is 344 g/mol. The van der Waals surface area contributed by atoms with Gasteiger partial charge in [-0.25, -0.2) is 13.1 Å². The highest BCUT2D eigenvalue weighted by molar-refractivity contribution is 7.89. The molecule has 0 aliphatic heterocycles. The molecule has 2 rings (SSSR count). The SMILES string of the molecule is CCCOc1cc(C)c(Cl)cc1S(=O)(=O)NCc1ccco1. The van der Waals surface area contributed by atoms with E-state index in [0.29, 0.717) is 23.1 Å². The lowest BCUT2D eigenvalue weighted by Gasteiger charge is -2.14. The van der Waals surface area contributed by atoms with E-state index < -0.39 is 10.0 Å². The number of rotatable bonds is 7. The Morgan fingerprint density at radius 2 is 2.14 bits per heavy atom. The van der Waals surface area contributed by atoms with Crippen LogP contribution in [0.2, 0.25) is 5.02 Å². The predicted octanol–water partition coefficient (Wildman–Crippen LogP) is 3.51. The van der Waals surface area contributed by atoms with Gasteiger partial charge in [-0.3, -0.25) is 0 Å². The summed E-state index contributed by atoms with van der Waals surface area (Å²) in [4.78, 5) is 0.0307. The summed E-state index contributed by atoms with van der Waals surface area (Å²) in [6.45, 7) is 4.25. The van der Waals surface area contributed by atoms with Crippen molar-refractivity contribution in [2.75, 3.05) is 6.61 Å². The third-order valence-corrected chi connectivity index (χ3v) is 4.82. The largest absolute Gasteiger partial charge is 0.492 e. The highest BCUT2D eigenvalue weighted by atomic mass is 35.5. The van der Waals surface area contributed by atoms with Crippen LogP contribution in [0.3, 0.4) is 0 Å². The number of hydrogen-bond acceptors (Lipinski definition) is 4. The minimum atomic E-state index is -3.76. The fourth-order valence-electron chi connectivity index (χ4n) is 1.83. The molecule has 0 radical (unpaired) electrons. The summed E-state index contributed by atoms with van der Waals surface area (Å²) < 4.78 is 38.1. The Morgan fingerprint density at radius 1 is 1.36 bits per heavy atom. The van der Waals surface area contributed by atoms with Gasteiger partial charge in [0, 0.05) is 5.02 Å². The zero-order valence-corrected chi connectivity index (χ0v) is 14.0. The first kappa shape index (κ1) is 16.9. The van der Waals surface area contributed by atoms with Crippen LogP contribution in [0.5, 0.6) is 5.75 Å². The number of sulfonamides is 1. The minimum absolute atomic E-state index is 0.0307. The summed E-state index contributed by atoms with van der Waals surface area (Å²) >= 11 is 6.06. The first-order valence-corrected chi connectivity index (χ1v) is 8.75. The lowest BCUT2D eigenvalue weighted by atomic mass is 10.2. The zero-order chi connectivity index (χ0) is 16.2. The highest BCUT2D eigenvalue weighted by Crippen LogP contribution is 2.30. The van der Waals surface area contributed by atoms with Crippen LogP contribution in [0.15, 0.2) is 39.8 Å². The van der Waals surface area contributed by atoms with Crippen molar-refractivity contribution in [3.63, 3.8) is 0 Å². The van der Waals surface area contributed by atoms with Crippen LogP contribution in [0.25, 0.3) is 0 Å². The third kappa shape index (κ3) is 4.03. The predicted molar refractivity (Wildman–Crippen MR) is 84.7 cm³/mol. The van der Waals surface area contributed by atoms with Crippen LogP contribution in [0.4, 0.5) is 0 Å². The van der Waals surface area contributed by atoms with Crippen molar-refractivity contribution in [1.29, 1.82) is 0 Å². The van der Waals surface area contributed by atoms with Gasteiger partial charge in [-0.1, -0.05) is 18.5 Å². The van der Waals surface area contributed by atoms with Gasteiger partial charge in [0.25, 0.3) is 0 Å². The number of furan rings is 1. The van der Waals surface area contributed by atoms with Gasteiger partial charge in [0.2, 0.25) is 10.0 Å². The molecular weight excluding hydrogens is 326 g/mol. The Morgan fingerprint density at radius 3 is 2.77 bits per heavy atom. The lowest BCUT2D eigenvalue weighted by molar-refractivity contribution is 0.309. The van der Waals surface area contributed by atoms with Gasteiger partial charge in [-0.05, 0) is 43.2 Å².